The van der Waals surface area contributed by atoms with Gasteiger partial charge in [0.25, 0.3) is 0 Å². The van der Waals surface area contributed by atoms with Gasteiger partial charge in [-0.1, -0.05) is 41.2 Å². The van der Waals surface area contributed by atoms with E-state index in [0.29, 0.717) is 5.13 Å². The van der Waals surface area contributed by atoms with Crippen molar-refractivity contribution in [1.82, 2.24) is 9.97 Å². The van der Waals surface area contributed by atoms with E-state index in [1.807, 2.05) is 24.3 Å². The summed E-state index contributed by atoms with van der Waals surface area (Å²) in [4.78, 5) is 21.0. The van der Waals surface area contributed by atoms with Gasteiger partial charge < -0.3 is 5.32 Å². The monoisotopic (exact) mass is 309 g/mol. The van der Waals surface area contributed by atoms with Crippen LogP contribution in [-0.2, 0) is 4.79 Å². The molecule has 0 fully saturated rings. The SMILES string of the molecule is CC(=O)Nc1nc(-c2ccc(C)cc2)c(-c2ccncc2)s1. The molecule has 0 aliphatic rings. The number of rotatable bonds is 3. The lowest BCUT2D eigenvalue weighted by atomic mass is 10.1. The predicted octanol–water partition coefficient (Wildman–Crippen LogP) is 4.14. The highest BCUT2D eigenvalue weighted by Gasteiger charge is 2.15. The van der Waals surface area contributed by atoms with E-state index < -0.39 is 0 Å². The molecule has 5 heteroatoms. The van der Waals surface area contributed by atoms with Crippen molar-refractivity contribution in [2.24, 2.45) is 0 Å². The van der Waals surface area contributed by atoms with Crippen LogP contribution >= 0.6 is 11.3 Å². The van der Waals surface area contributed by atoms with Gasteiger partial charge in [0.05, 0.1) is 10.6 Å². The normalized spacial score (nSPS) is 10.5. The van der Waals surface area contributed by atoms with Crippen LogP contribution in [0.5, 0.6) is 0 Å². The Bertz CT molecular complexity index is 795. The third kappa shape index (κ3) is 3.04. The van der Waals surface area contributed by atoms with Gasteiger partial charge in [-0.25, -0.2) is 4.98 Å². The van der Waals surface area contributed by atoms with Crippen LogP contribution in [0.4, 0.5) is 5.13 Å². The topological polar surface area (TPSA) is 54.9 Å². The number of hydrogen-bond acceptors (Lipinski definition) is 4. The molecule has 1 amide bonds. The molecule has 110 valence electrons. The molecule has 0 bridgehead atoms. The van der Waals surface area contributed by atoms with Gasteiger partial charge in [-0.05, 0) is 24.6 Å². The summed E-state index contributed by atoms with van der Waals surface area (Å²) in [5.41, 5.74) is 4.15. The number of anilines is 1. The van der Waals surface area contributed by atoms with E-state index >= 15 is 0 Å². The smallest absolute Gasteiger partial charge is 0.223 e. The van der Waals surface area contributed by atoms with Crippen molar-refractivity contribution < 1.29 is 4.79 Å². The predicted molar refractivity (Wildman–Crippen MR) is 89.8 cm³/mol. The van der Waals surface area contributed by atoms with Crippen LogP contribution in [0.2, 0.25) is 0 Å². The van der Waals surface area contributed by atoms with E-state index in [4.69, 9.17) is 0 Å². The first-order valence-corrected chi connectivity index (χ1v) is 7.71. The zero-order chi connectivity index (χ0) is 15.5. The summed E-state index contributed by atoms with van der Waals surface area (Å²) >= 11 is 1.47. The van der Waals surface area contributed by atoms with Gasteiger partial charge in [-0.3, -0.25) is 9.78 Å². The average Bonchev–Trinajstić information content (AvgIpc) is 2.92. The number of thiazole rings is 1. The van der Waals surface area contributed by atoms with Crippen molar-refractivity contribution in [1.29, 1.82) is 0 Å². The largest absolute Gasteiger partial charge is 0.302 e. The number of hydrogen-bond donors (Lipinski definition) is 1. The minimum atomic E-state index is -0.120. The summed E-state index contributed by atoms with van der Waals surface area (Å²) in [6.45, 7) is 3.54. The fourth-order valence-electron chi connectivity index (χ4n) is 2.13. The zero-order valence-corrected chi connectivity index (χ0v) is 13.1. The van der Waals surface area contributed by atoms with E-state index in [1.165, 1.54) is 23.8 Å². The Hall–Kier alpha value is -2.53. The van der Waals surface area contributed by atoms with Crippen LogP contribution in [0, 0.1) is 6.92 Å². The van der Waals surface area contributed by atoms with Crippen molar-refractivity contribution in [3.05, 3.63) is 54.4 Å². The number of carbonyl (C=O) groups excluding carboxylic acids is 1. The van der Waals surface area contributed by atoms with E-state index in [9.17, 15) is 4.79 Å². The molecule has 0 aliphatic carbocycles. The van der Waals surface area contributed by atoms with Crippen LogP contribution in [0.25, 0.3) is 21.7 Å². The van der Waals surface area contributed by atoms with Crippen LogP contribution in [-0.4, -0.2) is 15.9 Å². The summed E-state index contributed by atoms with van der Waals surface area (Å²) < 4.78 is 0. The summed E-state index contributed by atoms with van der Waals surface area (Å²) in [6.07, 6.45) is 3.51. The van der Waals surface area contributed by atoms with Crippen LogP contribution in [0.3, 0.4) is 0 Å². The van der Waals surface area contributed by atoms with Crippen molar-refractivity contribution in [3.63, 3.8) is 0 Å². The highest BCUT2D eigenvalue weighted by molar-refractivity contribution is 7.19. The summed E-state index contributed by atoms with van der Waals surface area (Å²) in [5.74, 6) is -0.120. The van der Waals surface area contributed by atoms with E-state index in [-0.39, 0.29) is 5.91 Å². The van der Waals surface area contributed by atoms with Crippen molar-refractivity contribution in [2.45, 2.75) is 13.8 Å². The number of pyridine rings is 1. The lowest BCUT2D eigenvalue weighted by Gasteiger charge is -2.03. The third-order valence-electron chi connectivity index (χ3n) is 3.18. The van der Waals surface area contributed by atoms with E-state index in [2.05, 4.69) is 34.3 Å². The second-order valence-electron chi connectivity index (χ2n) is 4.98. The fraction of sp³-hybridized carbons (Fsp3) is 0.118. The van der Waals surface area contributed by atoms with E-state index in [0.717, 1.165) is 21.7 Å². The minimum Gasteiger partial charge on any atom is -0.302 e. The molecule has 3 aromatic rings. The molecule has 2 aromatic heterocycles. The van der Waals surface area contributed by atoms with Crippen molar-refractivity contribution >= 4 is 22.4 Å². The van der Waals surface area contributed by atoms with Crippen molar-refractivity contribution in [3.8, 4) is 21.7 Å². The maximum atomic E-state index is 11.3. The van der Waals surface area contributed by atoms with Crippen LogP contribution in [0.1, 0.15) is 12.5 Å². The molecule has 1 N–H and O–H groups in total. The molecule has 2 heterocycles. The Labute approximate surface area is 132 Å². The Balaban J connectivity index is 2.12. The Morgan fingerprint density at radius 2 is 1.73 bits per heavy atom. The minimum absolute atomic E-state index is 0.120. The summed E-state index contributed by atoms with van der Waals surface area (Å²) in [6, 6.07) is 12.1. The second kappa shape index (κ2) is 6.07. The van der Waals surface area contributed by atoms with Gasteiger partial charge >= 0.3 is 0 Å². The Morgan fingerprint density at radius 3 is 2.36 bits per heavy atom. The van der Waals surface area contributed by atoms with Crippen LogP contribution < -0.4 is 5.32 Å². The first kappa shape index (κ1) is 14.4. The molecular weight excluding hydrogens is 294 g/mol. The first-order chi connectivity index (χ1) is 10.6. The van der Waals surface area contributed by atoms with E-state index in [1.54, 1.807) is 12.4 Å². The quantitative estimate of drug-likeness (QED) is 0.791. The lowest BCUT2D eigenvalue weighted by Crippen LogP contribution is -2.04. The number of carbonyl (C=O) groups is 1. The summed E-state index contributed by atoms with van der Waals surface area (Å²) in [5, 5.41) is 3.38. The Morgan fingerprint density at radius 1 is 1.05 bits per heavy atom. The molecule has 22 heavy (non-hydrogen) atoms. The highest BCUT2D eigenvalue weighted by Crippen LogP contribution is 2.38. The molecule has 0 spiro atoms. The van der Waals surface area contributed by atoms with Crippen LogP contribution in [0.15, 0.2) is 48.8 Å². The van der Waals surface area contributed by atoms with Gasteiger partial charge in [0, 0.05) is 24.9 Å². The summed E-state index contributed by atoms with van der Waals surface area (Å²) in [7, 11) is 0. The average molecular weight is 309 g/mol. The number of aryl methyl sites for hydroxylation is 1. The molecule has 0 unspecified atom stereocenters. The molecule has 1 aromatic carbocycles. The standard InChI is InChI=1S/C17H15N3OS/c1-11-3-5-13(6-4-11)15-16(14-7-9-18-10-8-14)22-17(20-15)19-12(2)21/h3-10H,1-2H3,(H,19,20,21). The maximum Gasteiger partial charge on any atom is 0.223 e. The van der Waals surface area contributed by atoms with Gasteiger partial charge in [-0.15, -0.1) is 0 Å². The zero-order valence-electron chi connectivity index (χ0n) is 12.3. The third-order valence-corrected chi connectivity index (χ3v) is 4.20. The number of benzene rings is 1. The Kier molecular flexibility index (Phi) is 3.98. The number of nitrogens with zero attached hydrogens (tertiary/aromatic N) is 2. The number of amides is 1. The van der Waals surface area contributed by atoms with Crippen molar-refractivity contribution in [2.75, 3.05) is 5.32 Å². The number of aromatic nitrogens is 2. The molecule has 0 saturated heterocycles. The lowest BCUT2D eigenvalue weighted by molar-refractivity contribution is -0.114. The molecule has 4 nitrogen and oxygen atoms in total. The van der Waals surface area contributed by atoms with Gasteiger partial charge in [0.15, 0.2) is 5.13 Å². The molecule has 0 atom stereocenters. The van der Waals surface area contributed by atoms with Gasteiger partial charge in [0.2, 0.25) is 5.91 Å². The molecule has 0 radical (unpaired) electrons. The maximum absolute atomic E-state index is 11.3. The molecule has 3 rings (SSSR count). The van der Waals surface area contributed by atoms with Gasteiger partial charge in [-0.2, -0.15) is 0 Å². The molecule has 0 saturated carbocycles. The number of nitrogens with one attached hydrogen (secondary N) is 1. The molecular formula is C17H15N3OS. The fourth-order valence-corrected chi connectivity index (χ4v) is 3.17. The molecule has 0 aliphatic heterocycles. The highest BCUT2D eigenvalue weighted by atomic mass is 32.1. The van der Waals surface area contributed by atoms with Gasteiger partial charge in [0.1, 0.15) is 0 Å². The second-order valence-corrected chi connectivity index (χ2v) is 5.98. The first-order valence-electron chi connectivity index (χ1n) is 6.89.